The van der Waals surface area contributed by atoms with Crippen molar-refractivity contribution in [2.24, 2.45) is 0 Å². The third-order valence-electron chi connectivity index (χ3n) is 2.76. The number of anilines is 1. The summed E-state index contributed by atoms with van der Waals surface area (Å²) < 4.78 is 25.7. The summed E-state index contributed by atoms with van der Waals surface area (Å²) in [5.74, 6) is 0.115. The van der Waals surface area contributed by atoms with Crippen LogP contribution < -0.4 is 9.62 Å². The van der Waals surface area contributed by atoms with Crippen molar-refractivity contribution in [1.82, 2.24) is 5.32 Å². The van der Waals surface area contributed by atoms with Gasteiger partial charge in [0.05, 0.1) is 11.4 Å². The highest BCUT2D eigenvalue weighted by molar-refractivity contribution is 7.92. The minimum absolute atomic E-state index is 0.115. The summed E-state index contributed by atoms with van der Waals surface area (Å²) in [6.45, 7) is 6.71. The van der Waals surface area contributed by atoms with Crippen molar-refractivity contribution < 1.29 is 8.42 Å². The third-order valence-corrected chi connectivity index (χ3v) is 4.55. The topological polar surface area (TPSA) is 49.4 Å². The van der Waals surface area contributed by atoms with Gasteiger partial charge in [-0.25, -0.2) is 8.42 Å². The van der Waals surface area contributed by atoms with Crippen molar-refractivity contribution in [3.63, 3.8) is 0 Å². The Hall–Kier alpha value is -1.07. The molecular weight excluding hydrogens is 248 g/mol. The molecule has 0 saturated heterocycles. The lowest BCUT2D eigenvalue weighted by Crippen LogP contribution is -2.37. The Morgan fingerprint density at radius 1 is 1.17 bits per heavy atom. The molecule has 1 aromatic rings. The van der Waals surface area contributed by atoms with Gasteiger partial charge in [0.15, 0.2) is 0 Å². The highest BCUT2D eigenvalue weighted by atomic mass is 32.2. The Balaban J connectivity index is 3.17. The van der Waals surface area contributed by atoms with Gasteiger partial charge in [0.25, 0.3) is 0 Å². The molecule has 4 nitrogen and oxygen atoms in total. The maximum Gasteiger partial charge on any atom is 0.234 e. The number of hydrogen-bond acceptors (Lipinski definition) is 3. The number of nitrogens with one attached hydrogen (secondary N) is 1. The van der Waals surface area contributed by atoms with E-state index in [1.54, 1.807) is 6.92 Å². The van der Waals surface area contributed by atoms with Crippen LogP contribution in [0, 0.1) is 13.8 Å². The number of aryl methyl sites for hydroxylation is 2. The molecule has 0 amide bonds. The fraction of sp³-hybridized carbons (Fsp3) is 0.538. The summed E-state index contributed by atoms with van der Waals surface area (Å²) in [5.41, 5.74) is 2.90. The zero-order valence-electron chi connectivity index (χ0n) is 11.5. The third kappa shape index (κ3) is 3.71. The summed E-state index contributed by atoms with van der Waals surface area (Å²) >= 11 is 0. The van der Waals surface area contributed by atoms with E-state index in [1.807, 2.05) is 39.1 Å². The largest absolute Gasteiger partial charge is 0.318 e. The Labute approximate surface area is 110 Å². The summed E-state index contributed by atoms with van der Waals surface area (Å²) in [6.07, 6.45) is 0. The highest BCUT2D eigenvalue weighted by Crippen LogP contribution is 2.21. The minimum Gasteiger partial charge on any atom is -0.318 e. The molecule has 1 aromatic carbocycles. The first kappa shape index (κ1) is 15.0. The normalized spacial score (nSPS) is 11.6. The number of likely N-dealkylation sites (N-methyl/N-ethyl adjacent to an activating group) is 1. The van der Waals surface area contributed by atoms with Crippen molar-refractivity contribution in [1.29, 1.82) is 0 Å². The maximum absolute atomic E-state index is 12.1. The van der Waals surface area contributed by atoms with E-state index < -0.39 is 10.0 Å². The standard InChI is InChI=1S/C13H22N2O2S/c1-5-18(16,17)15(7-6-14-4)13-9-11(2)8-12(3)10-13/h8-10,14H,5-7H2,1-4H3. The first-order chi connectivity index (χ1) is 8.40. The molecule has 0 aliphatic heterocycles. The first-order valence-corrected chi connectivity index (χ1v) is 7.75. The molecule has 0 spiro atoms. The lowest BCUT2D eigenvalue weighted by Gasteiger charge is -2.24. The first-order valence-electron chi connectivity index (χ1n) is 6.14. The van der Waals surface area contributed by atoms with Gasteiger partial charge < -0.3 is 5.32 Å². The number of sulfonamides is 1. The van der Waals surface area contributed by atoms with Gasteiger partial charge in [-0.15, -0.1) is 0 Å². The minimum atomic E-state index is -3.23. The van der Waals surface area contributed by atoms with Crippen LogP contribution in [0.25, 0.3) is 0 Å². The van der Waals surface area contributed by atoms with Gasteiger partial charge in [0, 0.05) is 13.1 Å². The fourth-order valence-electron chi connectivity index (χ4n) is 1.89. The number of benzene rings is 1. The fourth-order valence-corrected chi connectivity index (χ4v) is 3.00. The Morgan fingerprint density at radius 3 is 2.17 bits per heavy atom. The molecule has 0 aromatic heterocycles. The zero-order valence-corrected chi connectivity index (χ0v) is 12.3. The van der Waals surface area contributed by atoms with E-state index in [4.69, 9.17) is 0 Å². The second-order valence-corrected chi connectivity index (χ2v) is 6.60. The molecule has 1 rings (SSSR count). The van der Waals surface area contributed by atoms with E-state index in [0.29, 0.717) is 13.1 Å². The van der Waals surface area contributed by atoms with Crippen molar-refractivity contribution in [2.75, 3.05) is 30.2 Å². The molecule has 0 unspecified atom stereocenters. The van der Waals surface area contributed by atoms with E-state index in [2.05, 4.69) is 5.32 Å². The van der Waals surface area contributed by atoms with Gasteiger partial charge >= 0.3 is 0 Å². The Morgan fingerprint density at radius 2 is 1.72 bits per heavy atom. The molecule has 5 heteroatoms. The van der Waals surface area contributed by atoms with E-state index in [1.165, 1.54) is 4.31 Å². The number of hydrogen-bond donors (Lipinski definition) is 1. The average molecular weight is 270 g/mol. The molecule has 0 fully saturated rings. The molecule has 0 aliphatic carbocycles. The molecule has 0 radical (unpaired) electrons. The second-order valence-electron chi connectivity index (χ2n) is 4.42. The van der Waals surface area contributed by atoms with E-state index in [0.717, 1.165) is 16.8 Å². The molecular formula is C13H22N2O2S. The Bertz CT molecular complexity index is 477. The van der Waals surface area contributed by atoms with Crippen LogP contribution >= 0.6 is 0 Å². The average Bonchev–Trinajstić information content (AvgIpc) is 2.28. The molecule has 0 bridgehead atoms. The van der Waals surface area contributed by atoms with Crippen LogP contribution in [0.15, 0.2) is 18.2 Å². The van der Waals surface area contributed by atoms with Crippen LogP contribution in [0.4, 0.5) is 5.69 Å². The molecule has 18 heavy (non-hydrogen) atoms. The summed E-state index contributed by atoms with van der Waals surface area (Å²) in [6, 6.07) is 5.87. The van der Waals surface area contributed by atoms with Crippen LogP contribution in [0.2, 0.25) is 0 Å². The van der Waals surface area contributed by atoms with Crippen LogP contribution in [0.5, 0.6) is 0 Å². The summed E-state index contributed by atoms with van der Waals surface area (Å²) in [7, 11) is -1.41. The molecule has 0 atom stereocenters. The van der Waals surface area contributed by atoms with Gasteiger partial charge in [-0.05, 0) is 51.1 Å². The number of nitrogens with zero attached hydrogens (tertiary/aromatic N) is 1. The molecule has 1 N–H and O–H groups in total. The summed E-state index contributed by atoms with van der Waals surface area (Å²) in [5, 5.41) is 2.99. The second kappa shape index (κ2) is 6.20. The summed E-state index contributed by atoms with van der Waals surface area (Å²) in [4.78, 5) is 0. The van der Waals surface area contributed by atoms with Crippen molar-refractivity contribution in [2.45, 2.75) is 20.8 Å². The Kier molecular flexibility index (Phi) is 5.16. The maximum atomic E-state index is 12.1. The van der Waals surface area contributed by atoms with Crippen LogP contribution in [0.3, 0.4) is 0 Å². The predicted molar refractivity (Wildman–Crippen MR) is 76.6 cm³/mol. The predicted octanol–water partition coefficient (Wildman–Crippen LogP) is 1.68. The van der Waals surface area contributed by atoms with Gasteiger partial charge in [-0.3, -0.25) is 4.31 Å². The van der Waals surface area contributed by atoms with Gasteiger partial charge in [-0.1, -0.05) is 6.07 Å². The quantitative estimate of drug-likeness (QED) is 0.855. The SMILES string of the molecule is CCS(=O)(=O)N(CCNC)c1cc(C)cc(C)c1. The smallest absolute Gasteiger partial charge is 0.234 e. The van der Waals surface area contributed by atoms with Crippen molar-refractivity contribution in [3.8, 4) is 0 Å². The van der Waals surface area contributed by atoms with Crippen LogP contribution in [0.1, 0.15) is 18.1 Å². The molecule has 0 saturated carbocycles. The lowest BCUT2D eigenvalue weighted by molar-refractivity contribution is 0.590. The van der Waals surface area contributed by atoms with Crippen molar-refractivity contribution >= 4 is 15.7 Å². The van der Waals surface area contributed by atoms with E-state index >= 15 is 0 Å². The van der Waals surface area contributed by atoms with Crippen molar-refractivity contribution in [3.05, 3.63) is 29.3 Å². The van der Waals surface area contributed by atoms with E-state index in [9.17, 15) is 8.42 Å². The highest BCUT2D eigenvalue weighted by Gasteiger charge is 2.20. The van der Waals surface area contributed by atoms with Gasteiger partial charge in [-0.2, -0.15) is 0 Å². The van der Waals surface area contributed by atoms with Gasteiger partial charge in [0.2, 0.25) is 10.0 Å². The number of rotatable bonds is 6. The molecule has 0 aliphatic rings. The van der Waals surface area contributed by atoms with Crippen LogP contribution in [-0.2, 0) is 10.0 Å². The van der Waals surface area contributed by atoms with Crippen LogP contribution in [-0.4, -0.2) is 34.3 Å². The monoisotopic (exact) mass is 270 g/mol. The van der Waals surface area contributed by atoms with E-state index in [-0.39, 0.29) is 5.75 Å². The zero-order chi connectivity index (χ0) is 13.8. The molecule has 0 heterocycles. The lowest BCUT2D eigenvalue weighted by atomic mass is 10.1. The van der Waals surface area contributed by atoms with Gasteiger partial charge in [0.1, 0.15) is 0 Å². The molecule has 102 valence electrons.